The van der Waals surface area contributed by atoms with Gasteiger partial charge in [-0.3, -0.25) is 23.5 Å². The summed E-state index contributed by atoms with van der Waals surface area (Å²) in [6.45, 7) is 9.58. The van der Waals surface area contributed by atoms with Crippen LogP contribution in [-0.2, 0) is 26.0 Å². The third kappa shape index (κ3) is 11.2. The van der Waals surface area contributed by atoms with Gasteiger partial charge >= 0.3 is 0 Å². The van der Waals surface area contributed by atoms with Crippen molar-refractivity contribution in [1.29, 1.82) is 0 Å². The molecule has 0 saturated carbocycles. The number of amides is 4. The maximum absolute atomic E-state index is 14.1. The summed E-state index contributed by atoms with van der Waals surface area (Å²) in [4.78, 5) is 57.9. The molecule has 0 aliphatic heterocycles. The molecule has 0 bridgehead atoms. The highest BCUT2D eigenvalue weighted by atomic mass is 32.2. The molecule has 0 spiro atoms. The van der Waals surface area contributed by atoms with E-state index in [9.17, 15) is 27.6 Å². The van der Waals surface area contributed by atoms with Crippen LogP contribution in [0.25, 0.3) is 0 Å². The highest BCUT2D eigenvalue weighted by Gasteiger charge is 2.28. The smallest absolute Gasteiger partial charge is 0.264 e. The lowest BCUT2D eigenvalue weighted by Gasteiger charge is -2.25. The van der Waals surface area contributed by atoms with Gasteiger partial charge in [-0.15, -0.1) is 11.3 Å². The molecule has 13 nitrogen and oxygen atoms in total. The van der Waals surface area contributed by atoms with Crippen molar-refractivity contribution in [1.82, 2.24) is 31.6 Å². The molecular formula is C39H49N7O6S2. The van der Waals surface area contributed by atoms with Crippen molar-refractivity contribution in [3.8, 4) is 0 Å². The van der Waals surface area contributed by atoms with Gasteiger partial charge in [-0.2, -0.15) is 0 Å². The summed E-state index contributed by atoms with van der Waals surface area (Å²) >= 11 is 1.40. The summed E-state index contributed by atoms with van der Waals surface area (Å²) in [5.41, 5.74) is 3.51. The first-order valence-corrected chi connectivity index (χ1v) is 20.1. The lowest BCUT2D eigenvalue weighted by Crippen LogP contribution is -2.55. The Labute approximate surface area is 321 Å². The lowest BCUT2D eigenvalue weighted by atomic mass is 10.0. The molecule has 4 rings (SSSR count). The van der Waals surface area contributed by atoms with Crippen molar-refractivity contribution < 1.29 is 27.6 Å². The van der Waals surface area contributed by atoms with Gasteiger partial charge < -0.3 is 26.6 Å². The second kappa shape index (κ2) is 19.3. The fraction of sp³-hybridized carbons (Fsp3) is 0.359. The Balaban J connectivity index is 1.61. The minimum absolute atomic E-state index is 0.0457. The zero-order valence-corrected chi connectivity index (χ0v) is 33.0. The summed E-state index contributed by atoms with van der Waals surface area (Å²) < 4.78 is 28.3. The second-order valence-corrected chi connectivity index (χ2v) is 16.0. The number of benzene rings is 3. The Hall–Kier alpha value is -5.12. The van der Waals surface area contributed by atoms with Crippen molar-refractivity contribution in [2.24, 2.45) is 5.92 Å². The minimum Gasteiger partial charge on any atom is -0.355 e. The van der Waals surface area contributed by atoms with E-state index in [4.69, 9.17) is 0 Å². The molecule has 0 unspecified atom stereocenters. The van der Waals surface area contributed by atoms with Gasteiger partial charge in [0.1, 0.15) is 6.04 Å². The van der Waals surface area contributed by atoms with Crippen molar-refractivity contribution in [3.05, 3.63) is 112 Å². The number of rotatable bonds is 18. The third-order valence-electron chi connectivity index (χ3n) is 8.79. The number of likely N-dealkylation sites (N-methyl/N-ethyl adjacent to an activating group) is 1. The van der Waals surface area contributed by atoms with E-state index >= 15 is 0 Å². The Morgan fingerprint density at radius 3 is 2.00 bits per heavy atom. The van der Waals surface area contributed by atoms with Crippen molar-refractivity contribution in [2.45, 2.75) is 70.1 Å². The minimum atomic E-state index is -4.06. The Kier molecular flexibility index (Phi) is 14.9. The van der Waals surface area contributed by atoms with Crippen LogP contribution in [0.2, 0.25) is 0 Å². The SMILES string of the molecule is CCNC(=O)[C@@H](NC(=O)[C@H](C)NC[C@H](Cc1cscn1)NC(=O)c1cc(C(=O)N[C@H](C)c2ccccc2)cc(N(C)S(=O)(=O)c2ccccc2)c1)C(C)C. The van der Waals surface area contributed by atoms with Gasteiger partial charge in [0.15, 0.2) is 0 Å². The van der Waals surface area contributed by atoms with Crippen molar-refractivity contribution >= 4 is 50.7 Å². The molecule has 0 aliphatic rings. The molecule has 15 heteroatoms. The van der Waals surface area contributed by atoms with Crippen LogP contribution in [0.5, 0.6) is 0 Å². The number of hydrogen-bond donors (Lipinski definition) is 5. The number of carbonyl (C=O) groups is 4. The Morgan fingerprint density at radius 1 is 0.815 bits per heavy atom. The first-order chi connectivity index (χ1) is 25.7. The number of sulfonamides is 1. The van der Waals surface area contributed by atoms with Crippen LogP contribution in [0.15, 0.2) is 94.6 Å². The first-order valence-electron chi connectivity index (χ1n) is 17.8. The van der Waals surface area contributed by atoms with Crippen LogP contribution in [0, 0.1) is 5.92 Å². The maximum Gasteiger partial charge on any atom is 0.264 e. The standard InChI is InChI=1S/C39H49N7O6S2/c1-7-40-39(50)35(25(2)3)45-36(47)27(5)41-22-31(21-32-23-53-24-42-32)44-38(49)30-18-29(37(48)43-26(4)28-14-10-8-11-15-28)19-33(20-30)46(6)54(51,52)34-16-12-9-13-17-34/h8-20,23-27,31,35,41H,7,21-22H2,1-6H3,(H,40,50)(H,43,48)(H,44,49)(H,45,47)/t26-,27+,31+,35+/m1/s1. The fourth-order valence-corrected chi connectivity index (χ4v) is 7.36. The molecule has 1 heterocycles. The number of carbonyl (C=O) groups excluding carboxylic acids is 4. The summed E-state index contributed by atoms with van der Waals surface area (Å²) in [5, 5.41) is 16.5. The van der Waals surface area contributed by atoms with Gasteiger partial charge in [0.2, 0.25) is 11.8 Å². The van der Waals surface area contributed by atoms with Crippen LogP contribution >= 0.6 is 11.3 Å². The number of anilines is 1. The molecular weight excluding hydrogens is 727 g/mol. The van der Waals surface area contributed by atoms with E-state index in [0.29, 0.717) is 13.0 Å². The normalized spacial score (nSPS) is 13.6. The summed E-state index contributed by atoms with van der Waals surface area (Å²) in [7, 11) is -2.69. The Bertz CT molecular complexity index is 1980. The number of thiazole rings is 1. The monoisotopic (exact) mass is 775 g/mol. The summed E-state index contributed by atoms with van der Waals surface area (Å²) in [6, 6.07) is 19.1. The third-order valence-corrected chi connectivity index (χ3v) is 11.2. The second-order valence-electron chi connectivity index (χ2n) is 13.3. The van der Waals surface area contributed by atoms with Gasteiger partial charge in [-0.1, -0.05) is 62.4 Å². The van der Waals surface area contributed by atoms with Gasteiger partial charge in [0, 0.05) is 49.1 Å². The van der Waals surface area contributed by atoms with E-state index in [1.807, 2.05) is 56.5 Å². The Morgan fingerprint density at radius 2 is 1.43 bits per heavy atom. The topological polar surface area (TPSA) is 179 Å². The zero-order valence-electron chi connectivity index (χ0n) is 31.3. The van der Waals surface area contributed by atoms with Crippen LogP contribution in [-0.4, -0.2) is 75.3 Å². The largest absolute Gasteiger partial charge is 0.355 e. The highest BCUT2D eigenvalue weighted by molar-refractivity contribution is 7.92. The summed E-state index contributed by atoms with van der Waals surface area (Å²) in [5.74, 6) is -1.86. The van der Waals surface area contributed by atoms with Gasteiger partial charge in [0.25, 0.3) is 21.8 Å². The van der Waals surface area contributed by atoms with Crippen LogP contribution in [0.3, 0.4) is 0 Å². The molecule has 3 aromatic carbocycles. The number of nitrogens with zero attached hydrogens (tertiary/aromatic N) is 2. The molecule has 288 valence electrons. The zero-order chi connectivity index (χ0) is 39.4. The van der Waals surface area contributed by atoms with Crippen LogP contribution in [0.4, 0.5) is 5.69 Å². The number of aromatic nitrogens is 1. The molecule has 0 radical (unpaired) electrons. The first kappa shape index (κ1) is 41.6. The molecule has 54 heavy (non-hydrogen) atoms. The van der Waals surface area contributed by atoms with E-state index in [-0.39, 0.29) is 52.0 Å². The average molecular weight is 776 g/mol. The lowest BCUT2D eigenvalue weighted by molar-refractivity contribution is -0.130. The van der Waals surface area contributed by atoms with E-state index in [0.717, 1.165) is 15.6 Å². The van der Waals surface area contributed by atoms with Gasteiger partial charge in [-0.25, -0.2) is 13.4 Å². The van der Waals surface area contributed by atoms with Gasteiger partial charge in [-0.05, 0) is 62.6 Å². The molecule has 0 fully saturated rings. The molecule has 0 saturated heterocycles. The predicted octanol–water partition coefficient (Wildman–Crippen LogP) is 4.06. The van der Waals surface area contributed by atoms with Crippen molar-refractivity contribution in [3.63, 3.8) is 0 Å². The predicted molar refractivity (Wildman–Crippen MR) is 211 cm³/mol. The van der Waals surface area contributed by atoms with Crippen LogP contribution in [0.1, 0.15) is 72.6 Å². The number of nitrogens with one attached hydrogen (secondary N) is 5. The summed E-state index contributed by atoms with van der Waals surface area (Å²) in [6.07, 6.45) is 0.314. The quantitative estimate of drug-likeness (QED) is 0.101. The van der Waals surface area contributed by atoms with E-state index in [2.05, 4.69) is 31.6 Å². The molecule has 4 amide bonds. The number of hydrogen-bond acceptors (Lipinski definition) is 9. The average Bonchev–Trinajstić information content (AvgIpc) is 3.68. The fourth-order valence-electron chi connectivity index (χ4n) is 5.59. The van der Waals surface area contributed by atoms with Crippen molar-refractivity contribution in [2.75, 3.05) is 24.4 Å². The van der Waals surface area contributed by atoms with E-state index in [1.54, 1.807) is 37.6 Å². The molecule has 4 atom stereocenters. The van der Waals surface area contributed by atoms with E-state index in [1.165, 1.54) is 48.7 Å². The molecule has 0 aliphatic carbocycles. The molecule has 1 aromatic heterocycles. The van der Waals surface area contributed by atoms with Crippen LogP contribution < -0.4 is 30.9 Å². The van der Waals surface area contributed by atoms with E-state index < -0.39 is 40.0 Å². The molecule has 5 N–H and O–H groups in total. The molecule has 4 aromatic rings. The highest BCUT2D eigenvalue weighted by Crippen LogP contribution is 2.26. The van der Waals surface area contributed by atoms with Gasteiger partial charge in [0.05, 0.1) is 33.9 Å². The maximum atomic E-state index is 14.1.